The lowest BCUT2D eigenvalue weighted by Gasteiger charge is -2.18. The molecule has 0 radical (unpaired) electrons. The van der Waals surface area contributed by atoms with Gasteiger partial charge in [0.05, 0.1) is 9.82 Å². The van der Waals surface area contributed by atoms with Crippen molar-refractivity contribution in [3.8, 4) is 0 Å². The normalized spacial score (nSPS) is 13.1. The third kappa shape index (κ3) is 4.22. The van der Waals surface area contributed by atoms with E-state index >= 15 is 0 Å². The lowest BCUT2D eigenvalue weighted by molar-refractivity contribution is -0.385. The molecule has 0 aliphatic rings. The number of nitrogens with one attached hydrogen (secondary N) is 1. The molecule has 0 saturated heterocycles. The average Bonchev–Trinajstić information content (AvgIpc) is 2.34. The third-order valence-electron chi connectivity index (χ3n) is 2.63. The van der Waals surface area contributed by atoms with E-state index in [0.29, 0.717) is 0 Å². The molecule has 0 aromatic heterocycles. The van der Waals surface area contributed by atoms with Gasteiger partial charge in [-0.1, -0.05) is 13.8 Å². The van der Waals surface area contributed by atoms with E-state index in [1.807, 2.05) is 0 Å². The van der Waals surface area contributed by atoms with E-state index < -0.39 is 32.9 Å². The Morgan fingerprint density at radius 3 is 2.38 bits per heavy atom. The van der Waals surface area contributed by atoms with Gasteiger partial charge in [0, 0.05) is 16.6 Å². The van der Waals surface area contributed by atoms with Gasteiger partial charge in [-0.05, 0) is 27.9 Å². The van der Waals surface area contributed by atoms with Crippen molar-refractivity contribution >= 4 is 37.6 Å². The third-order valence-corrected chi connectivity index (χ3v) is 5.05. The van der Waals surface area contributed by atoms with Gasteiger partial charge in [-0.25, -0.2) is 8.42 Å². The number of hydrogen-bond acceptors (Lipinski definition) is 5. The molecule has 1 aromatic carbocycles. The Bertz CT molecular complexity index is 673. The molecule has 1 atom stereocenters. The van der Waals surface area contributed by atoms with Crippen LogP contribution in [0.2, 0.25) is 0 Å². The van der Waals surface area contributed by atoms with Crippen LogP contribution in [0.15, 0.2) is 27.6 Å². The molecule has 8 nitrogen and oxygen atoms in total. The van der Waals surface area contributed by atoms with Crippen molar-refractivity contribution in [1.29, 1.82) is 0 Å². The van der Waals surface area contributed by atoms with Crippen molar-refractivity contribution in [3.05, 3.63) is 32.8 Å². The van der Waals surface area contributed by atoms with Crippen molar-refractivity contribution in [2.45, 2.75) is 24.8 Å². The number of carboxylic acids is 1. The second kappa shape index (κ2) is 6.50. The van der Waals surface area contributed by atoms with Crippen LogP contribution in [0.1, 0.15) is 13.8 Å². The maximum Gasteiger partial charge on any atom is 0.322 e. The van der Waals surface area contributed by atoms with Gasteiger partial charge in [0.2, 0.25) is 10.0 Å². The standard InChI is InChI=1S/C11H13BrN2O6S/c1-6(2)10(11(15)16)13-21(19,20)9-4-3-7(14(17)18)5-8(9)12/h3-6,10,13H,1-2H3,(H,15,16)/t10-/m0/s1. The second-order valence-corrected chi connectivity index (χ2v) is 7.09. The molecule has 1 aromatic rings. The summed E-state index contributed by atoms with van der Waals surface area (Å²) < 4.78 is 26.4. The summed E-state index contributed by atoms with van der Waals surface area (Å²) in [5.41, 5.74) is -0.278. The fourth-order valence-electron chi connectivity index (χ4n) is 1.52. The number of carbonyl (C=O) groups is 1. The molecule has 0 unspecified atom stereocenters. The SMILES string of the molecule is CC(C)[C@H](NS(=O)(=O)c1ccc([N+](=O)[O-])cc1Br)C(=O)O. The number of hydrogen-bond donors (Lipinski definition) is 2. The van der Waals surface area contributed by atoms with Crippen molar-refractivity contribution in [2.75, 3.05) is 0 Å². The molecular formula is C11H13BrN2O6S. The zero-order valence-electron chi connectivity index (χ0n) is 11.1. The highest BCUT2D eigenvalue weighted by Crippen LogP contribution is 2.27. The molecule has 0 aliphatic heterocycles. The Hall–Kier alpha value is -1.52. The summed E-state index contributed by atoms with van der Waals surface area (Å²) in [6, 6.07) is 1.82. The highest BCUT2D eigenvalue weighted by Gasteiger charge is 2.29. The van der Waals surface area contributed by atoms with Gasteiger partial charge in [0.25, 0.3) is 5.69 Å². The molecule has 0 spiro atoms. The van der Waals surface area contributed by atoms with Crippen molar-refractivity contribution in [3.63, 3.8) is 0 Å². The Labute approximate surface area is 129 Å². The molecule has 10 heteroatoms. The fraction of sp³-hybridized carbons (Fsp3) is 0.364. The van der Waals surface area contributed by atoms with Crippen LogP contribution >= 0.6 is 15.9 Å². The van der Waals surface area contributed by atoms with E-state index in [4.69, 9.17) is 5.11 Å². The highest BCUT2D eigenvalue weighted by molar-refractivity contribution is 9.10. The zero-order chi connectivity index (χ0) is 16.4. The first-order valence-electron chi connectivity index (χ1n) is 5.75. The van der Waals surface area contributed by atoms with Crippen LogP contribution < -0.4 is 4.72 Å². The van der Waals surface area contributed by atoms with E-state index in [2.05, 4.69) is 20.7 Å². The molecule has 0 heterocycles. The van der Waals surface area contributed by atoms with E-state index in [9.17, 15) is 23.3 Å². The van der Waals surface area contributed by atoms with Gasteiger partial charge in [-0.15, -0.1) is 0 Å². The Morgan fingerprint density at radius 1 is 1.43 bits per heavy atom. The number of carboxylic acid groups (broad SMARTS) is 1. The molecule has 0 saturated carbocycles. The number of nitrogens with zero attached hydrogens (tertiary/aromatic N) is 1. The average molecular weight is 381 g/mol. The van der Waals surface area contributed by atoms with Crippen LogP contribution in [0.4, 0.5) is 5.69 Å². The Balaban J connectivity index is 3.19. The summed E-state index contributed by atoms with van der Waals surface area (Å²) in [7, 11) is -4.12. The summed E-state index contributed by atoms with van der Waals surface area (Å²) in [4.78, 5) is 20.7. The maximum atomic E-state index is 12.2. The van der Waals surface area contributed by atoms with Crippen molar-refractivity contribution < 1.29 is 23.2 Å². The van der Waals surface area contributed by atoms with E-state index in [1.54, 1.807) is 13.8 Å². The Kier molecular flexibility index (Phi) is 5.42. The van der Waals surface area contributed by atoms with Crippen LogP contribution in [0.5, 0.6) is 0 Å². The number of benzene rings is 1. The lowest BCUT2D eigenvalue weighted by Crippen LogP contribution is -2.44. The number of sulfonamides is 1. The smallest absolute Gasteiger partial charge is 0.322 e. The number of non-ortho nitro benzene ring substituents is 1. The number of halogens is 1. The summed E-state index contributed by atoms with van der Waals surface area (Å²) >= 11 is 2.94. The monoisotopic (exact) mass is 380 g/mol. The van der Waals surface area contributed by atoms with Gasteiger partial charge in [-0.2, -0.15) is 4.72 Å². The molecule has 0 bridgehead atoms. The van der Waals surface area contributed by atoms with Crippen LogP contribution in [0.25, 0.3) is 0 Å². The minimum atomic E-state index is -4.12. The molecule has 2 N–H and O–H groups in total. The van der Waals surface area contributed by atoms with Crippen molar-refractivity contribution in [2.24, 2.45) is 5.92 Å². The van der Waals surface area contributed by atoms with Gasteiger partial charge < -0.3 is 5.11 Å². The predicted molar refractivity (Wildman–Crippen MR) is 77.4 cm³/mol. The second-order valence-electron chi connectivity index (χ2n) is 4.55. The maximum absolute atomic E-state index is 12.2. The van der Waals surface area contributed by atoms with Gasteiger partial charge in [0.15, 0.2) is 0 Å². The van der Waals surface area contributed by atoms with Gasteiger partial charge >= 0.3 is 5.97 Å². The minimum Gasteiger partial charge on any atom is -0.480 e. The summed E-state index contributed by atoms with van der Waals surface area (Å²) in [5.74, 6) is -1.76. The number of rotatable bonds is 6. The topological polar surface area (TPSA) is 127 Å². The van der Waals surface area contributed by atoms with E-state index in [0.717, 1.165) is 18.2 Å². The van der Waals surface area contributed by atoms with E-state index in [1.165, 1.54) is 0 Å². The van der Waals surface area contributed by atoms with Gasteiger partial charge in [0.1, 0.15) is 6.04 Å². The van der Waals surface area contributed by atoms with Crippen LogP contribution in [0.3, 0.4) is 0 Å². The fourth-order valence-corrected chi connectivity index (χ4v) is 3.93. The number of nitro groups is 1. The largest absolute Gasteiger partial charge is 0.480 e. The van der Waals surface area contributed by atoms with Crippen LogP contribution in [-0.2, 0) is 14.8 Å². The quantitative estimate of drug-likeness (QED) is 0.571. The minimum absolute atomic E-state index is 0.0166. The molecular weight excluding hydrogens is 368 g/mol. The summed E-state index contributed by atoms with van der Waals surface area (Å²) in [6.45, 7) is 3.12. The van der Waals surface area contributed by atoms with Gasteiger partial charge in [-0.3, -0.25) is 14.9 Å². The lowest BCUT2D eigenvalue weighted by atomic mass is 10.1. The molecule has 116 valence electrons. The first kappa shape index (κ1) is 17.5. The first-order valence-corrected chi connectivity index (χ1v) is 8.03. The number of nitro benzene ring substituents is 1. The zero-order valence-corrected chi connectivity index (χ0v) is 13.5. The summed E-state index contributed by atoms with van der Waals surface area (Å²) in [6.07, 6.45) is 0. The first-order chi connectivity index (χ1) is 9.56. The highest BCUT2D eigenvalue weighted by atomic mass is 79.9. The Morgan fingerprint density at radius 2 is 2.00 bits per heavy atom. The predicted octanol–water partition coefficient (Wildman–Crippen LogP) is 1.74. The number of aliphatic carboxylic acids is 1. The molecule has 21 heavy (non-hydrogen) atoms. The molecule has 0 aliphatic carbocycles. The molecule has 0 amide bonds. The van der Waals surface area contributed by atoms with Crippen LogP contribution in [0, 0.1) is 16.0 Å². The molecule has 1 rings (SSSR count). The molecule has 0 fully saturated rings. The summed E-state index contributed by atoms with van der Waals surface area (Å²) in [5, 5.41) is 19.6. The van der Waals surface area contributed by atoms with Crippen LogP contribution in [-0.4, -0.2) is 30.5 Å². The van der Waals surface area contributed by atoms with E-state index in [-0.39, 0.29) is 15.1 Å². The van der Waals surface area contributed by atoms with Crippen molar-refractivity contribution in [1.82, 2.24) is 4.72 Å².